The lowest BCUT2D eigenvalue weighted by molar-refractivity contribution is -0.111. The standard InChI is InChI=1S/C32H34N4O2S/c1-2-18-36-24-33-22-30(36)23-39(38)31-15-11-28(12-16-31)34-32(37)17-8-25-6-5-7-27(21-25)26-9-13-29(14-10-26)35-19-3-4-20-35/h5-17,21-22,24H,2-4,18-20,23H2,1H3,(H,34,37)/b17-8+/t39-/m0/s1. The van der Waals surface area contributed by atoms with Crippen LogP contribution in [0.2, 0.25) is 0 Å². The van der Waals surface area contributed by atoms with Crippen LogP contribution in [0.25, 0.3) is 17.2 Å². The maximum atomic E-state index is 12.8. The molecule has 1 atom stereocenters. The van der Waals surface area contributed by atoms with E-state index in [2.05, 4.69) is 58.5 Å². The van der Waals surface area contributed by atoms with E-state index in [0.29, 0.717) is 11.4 Å². The highest BCUT2D eigenvalue weighted by Crippen LogP contribution is 2.26. The van der Waals surface area contributed by atoms with Crippen molar-refractivity contribution in [2.24, 2.45) is 0 Å². The van der Waals surface area contributed by atoms with Crippen LogP contribution in [0, 0.1) is 0 Å². The Kier molecular flexibility index (Phi) is 8.81. The molecular weight excluding hydrogens is 504 g/mol. The van der Waals surface area contributed by atoms with Gasteiger partial charge in [0.2, 0.25) is 5.91 Å². The third-order valence-electron chi connectivity index (χ3n) is 6.91. The van der Waals surface area contributed by atoms with Gasteiger partial charge in [0, 0.05) is 37.1 Å². The van der Waals surface area contributed by atoms with Crippen molar-refractivity contribution in [1.82, 2.24) is 9.55 Å². The number of nitrogens with one attached hydrogen (secondary N) is 1. The van der Waals surface area contributed by atoms with Gasteiger partial charge in [-0.2, -0.15) is 0 Å². The summed E-state index contributed by atoms with van der Waals surface area (Å²) >= 11 is -1.19. The first kappa shape index (κ1) is 26.8. The lowest BCUT2D eigenvalue weighted by Crippen LogP contribution is -2.17. The van der Waals surface area contributed by atoms with Crippen molar-refractivity contribution in [1.29, 1.82) is 0 Å². The van der Waals surface area contributed by atoms with E-state index < -0.39 is 11.2 Å². The van der Waals surface area contributed by atoms with E-state index in [0.717, 1.165) is 53.3 Å². The highest BCUT2D eigenvalue weighted by atomic mass is 32.2. The Hall–Kier alpha value is -3.81. The van der Waals surface area contributed by atoms with Gasteiger partial charge >= 0.3 is 0 Å². The molecule has 7 heteroatoms. The zero-order valence-electron chi connectivity index (χ0n) is 22.3. The van der Waals surface area contributed by atoms with Gasteiger partial charge in [0.05, 0.1) is 18.2 Å². The number of imidazole rings is 1. The Morgan fingerprint density at radius 3 is 2.54 bits per heavy atom. The van der Waals surface area contributed by atoms with Crippen LogP contribution in [-0.2, 0) is 28.3 Å². The van der Waals surface area contributed by atoms with Gasteiger partial charge in [-0.05, 0) is 95.7 Å². The first-order valence-corrected chi connectivity index (χ1v) is 14.8. The summed E-state index contributed by atoms with van der Waals surface area (Å²) in [5.41, 5.74) is 6.13. The van der Waals surface area contributed by atoms with Crippen LogP contribution < -0.4 is 10.2 Å². The third kappa shape index (κ3) is 6.99. The van der Waals surface area contributed by atoms with Crippen LogP contribution in [0.15, 0.2) is 96.3 Å². The normalized spacial score (nSPS) is 14.2. The second-order valence-electron chi connectivity index (χ2n) is 9.78. The lowest BCUT2D eigenvalue weighted by atomic mass is 10.0. The molecule has 1 fully saturated rings. The minimum atomic E-state index is -1.19. The number of hydrogen-bond donors (Lipinski definition) is 1. The minimum Gasteiger partial charge on any atom is -0.611 e. The van der Waals surface area contributed by atoms with Crippen molar-refractivity contribution in [3.05, 3.63) is 103 Å². The maximum absolute atomic E-state index is 12.8. The van der Waals surface area contributed by atoms with Crippen LogP contribution in [0.4, 0.5) is 11.4 Å². The molecule has 1 saturated heterocycles. The molecule has 0 saturated carbocycles. The quantitative estimate of drug-likeness (QED) is 0.184. The highest BCUT2D eigenvalue weighted by molar-refractivity contribution is 7.90. The topological polar surface area (TPSA) is 73.2 Å². The summed E-state index contributed by atoms with van der Waals surface area (Å²) in [5.74, 6) is 0.198. The van der Waals surface area contributed by atoms with Crippen molar-refractivity contribution in [3.63, 3.8) is 0 Å². The Balaban J connectivity index is 1.16. The van der Waals surface area contributed by atoms with Gasteiger partial charge in [-0.1, -0.05) is 37.3 Å². The fraction of sp³-hybridized carbons (Fsp3) is 0.250. The zero-order valence-corrected chi connectivity index (χ0v) is 23.1. The number of aryl methyl sites for hydroxylation is 1. The van der Waals surface area contributed by atoms with Crippen molar-refractivity contribution < 1.29 is 9.35 Å². The van der Waals surface area contributed by atoms with Crippen LogP contribution >= 0.6 is 0 Å². The van der Waals surface area contributed by atoms with Crippen molar-refractivity contribution in [2.45, 2.75) is 43.4 Å². The molecule has 2 heterocycles. The molecule has 1 aliphatic heterocycles. The van der Waals surface area contributed by atoms with Crippen molar-refractivity contribution in [3.8, 4) is 11.1 Å². The Bertz CT molecular complexity index is 1410. The molecule has 1 aliphatic rings. The van der Waals surface area contributed by atoms with E-state index in [-0.39, 0.29) is 5.91 Å². The van der Waals surface area contributed by atoms with E-state index in [9.17, 15) is 9.35 Å². The zero-order chi connectivity index (χ0) is 27.0. The first-order chi connectivity index (χ1) is 19.1. The van der Waals surface area contributed by atoms with Crippen LogP contribution in [0.1, 0.15) is 37.4 Å². The smallest absolute Gasteiger partial charge is 0.248 e. The van der Waals surface area contributed by atoms with Gasteiger partial charge in [0.25, 0.3) is 0 Å². The van der Waals surface area contributed by atoms with Gasteiger partial charge in [-0.15, -0.1) is 0 Å². The molecule has 0 unspecified atom stereocenters. The van der Waals surface area contributed by atoms with Crippen LogP contribution in [-0.4, -0.2) is 33.1 Å². The molecule has 0 spiro atoms. The largest absolute Gasteiger partial charge is 0.611 e. The number of nitrogens with zero attached hydrogens (tertiary/aromatic N) is 3. The second kappa shape index (κ2) is 12.8. The third-order valence-corrected chi connectivity index (χ3v) is 8.27. The van der Waals surface area contributed by atoms with E-state index in [4.69, 9.17) is 0 Å². The van der Waals surface area contributed by atoms with Crippen molar-refractivity contribution >= 4 is 34.5 Å². The summed E-state index contributed by atoms with van der Waals surface area (Å²) in [5, 5.41) is 2.89. The molecule has 1 amide bonds. The molecule has 6 nitrogen and oxygen atoms in total. The molecule has 0 radical (unpaired) electrons. The molecule has 4 aromatic rings. The number of amides is 1. The number of aromatic nitrogens is 2. The molecule has 39 heavy (non-hydrogen) atoms. The minimum absolute atomic E-state index is 0.215. The molecule has 1 aromatic heterocycles. The second-order valence-corrected chi connectivity index (χ2v) is 11.2. The molecular formula is C32H34N4O2S. The number of benzene rings is 3. The van der Waals surface area contributed by atoms with E-state index in [1.165, 1.54) is 24.6 Å². The molecule has 0 aliphatic carbocycles. The fourth-order valence-corrected chi connectivity index (χ4v) is 5.95. The highest BCUT2D eigenvalue weighted by Gasteiger charge is 2.15. The summed E-state index contributed by atoms with van der Waals surface area (Å²) in [7, 11) is 0. The number of rotatable bonds is 10. The van der Waals surface area contributed by atoms with Gasteiger partial charge in [0.1, 0.15) is 0 Å². The summed E-state index contributed by atoms with van der Waals surface area (Å²) in [6.45, 7) is 5.24. The van der Waals surface area contributed by atoms with Gasteiger partial charge in [-0.25, -0.2) is 4.98 Å². The summed E-state index contributed by atoms with van der Waals surface area (Å²) in [4.78, 5) is 19.9. The molecule has 0 bridgehead atoms. The SMILES string of the molecule is CCCn1cncc1C[S@+]([O-])c1ccc(NC(=O)/C=C/c2cccc(-c3ccc(N4CCCC4)cc3)c2)cc1. The van der Waals surface area contributed by atoms with Crippen molar-refractivity contribution in [2.75, 3.05) is 23.3 Å². The Morgan fingerprint density at radius 1 is 1.03 bits per heavy atom. The van der Waals surface area contributed by atoms with E-state index in [1.807, 2.05) is 22.8 Å². The summed E-state index contributed by atoms with van der Waals surface area (Å²) < 4.78 is 14.9. The predicted molar refractivity (Wildman–Crippen MR) is 160 cm³/mol. The maximum Gasteiger partial charge on any atom is 0.248 e. The average Bonchev–Trinajstić information content (AvgIpc) is 3.66. The average molecular weight is 539 g/mol. The number of carbonyl (C=O) groups is 1. The molecule has 3 aromatic carbocycles. The fourth-order valence-electron chi connectivity index (χ4n) is 4.84. The van der Waals surface area contributed by atoms with Crippen LogP contribution in [0.3, 0.4) is 0 Å². The van der Waals surface area contributed by atoms with Gasteiger partial charge < -0.3 is 19.3 Å². The summed E-state index contributed by atoms with van der Waals surface area (Å²) in [6.07, 6.45) is 10.4. The van der Waals surface area contributed by atoms with E-state index >= 15 is 0 Å². The number of anilines is 2. The summed E-state index contributed by atoms with van der Waals surface area (Å²) in [6, 6.07) is 24.1. The number of hydrogen-bond acceptors (Lipinski definition) is 4. The van der Waals surface area contributed by atoms with E-state index in [1.54, 1.807) is 36.8 Å². The molecule has 1 N–H and O–H groups in total. The molecule has 5 rings (SSSR count). The monoisotopic (exact) mass is 538 g/mol. The Morgan fingerprint density at radius 2 is 1.79 bits per heavy atom. The number of carbonyl (C=O) groups excluding carboxylic acids is 1. The lowest BCUT2D eigenvalue weighted by Gasteiger charge is -2.17. The molecule has 200 valence electrons. The van der Waals surface area contributed by atoms with Gasteiger partial charge in [0.15, 0.2) is 10.6 Å². The Labute approximate surface area is 233 Å². The predicted octanol–water partition coefficient (Wildman–Crippen LogP) is 6.52. The van der Waals surface area contributed by atoms with Gasteiger partial charge in [-0.3, -0.25) is 4.79 Å². The van der Waals surface area contributed by atoms with Crippen LogP contribution in [0.5, 0.6) is 0 Å². The first-order valence-electron chi connectivity index (χ1n) is 13.5.